The lowest BCUT2D eigenvalue weighted by molar-refractivity contribution is -0.0627. The molecule has 0 amide bonds. The van der Waals surface area contributed by atoms with E-state index in [0.717, 1.165) is 64.2 Å². The van der Waals surface area contributed by atoms with Crippen molar-refractivity contribution in [2.24, 2.45) is 4.99 Å². The lowest BCUT2D eigenvalue weighted by Crippen LogP contribution is -2.38. The Morgan fingerprint density at radius 2 is 1.18 bits per heavy atom. The Morgan fingerprint density at radius 1 is 0.588 bits per heavy atom. The highest BCUT2D eigenvalue weighted by Gasteiger charge is 2.30. The van der Waals surface area contributed by atoms with Crippen LogP contribution >= 0.6 is 22.7 Å². The Balaban J connectivity index is 0.000000165. The summed E-state index contributed by atoms with van der Waals surface area (Å²) in [5.41, 5.74) is 6.46. The zero-order chi connectivity index (χ0) is 59.8. The number of aromatic nitrogens is 12. The predicted octanol–water partition coefficient (Wildman–Crippen LogP) is 9.62. The first kappa shape index (κ1) is 65.5. The number of H-pyrrole nitrogens is 1. The standard InChI is InChI=1S/C12H16N2O4.C11H15N3O4.2C8H8N2O2.2C8H8N2OS.CH4/c1-2-9(15)12(17)11(16)7-5-8(13-6-7)10-3-4-14-18-10;1-2-7(15)10(17)9(16)6-5-12-11(14-6)8-3-4-13-18-8;1-2-6-5-11-8(9-6)7-3-4-12-10-7;1-2-6-5-9-8(12-6)7-3-4-11-10-7;1-2-6-5-12-8(9-6)7-3-4-11-10-7;1-2-6-5-9-8(12-6)7-3-4-11-10-7;/h3-4,6,9,11-12,15-17H,2,5H2,1H3;3-5,7,9-10,15-17H,2H2,1H3,(H,12,14);4*3-5H,2H2,1H3;1H4/t9-,11-,12-;7-,9-,10-;;;;;/m00...../s1. The Morgan fingerprint density at radius 3 is 1.68 bits per heavy atom. The molecule has 0 radical (unpaired) electrons. The van der Waals surface area contributed by atoms with Gasteiger partial charge in [-0.2, -0.15) is 0 Å². The fraction of sp³-hybridized carbons (Fsp3) is 0.357. The molecule has 452 valence electrons. The minimum absolute atomic E-state index is 0. The largest absolute Gasteiger partial charge is 0.443 e. The number of oxazole rings is 2. The molecule has 7 N–H and O–H groups in total. The molecule has 0 saturated heterocycles. The fourth-order valence-corrected chi connectivity index (χ4v) is 8.72. The van der Waals surface area contributed by atoms with E-state index in [1.807, 2.05) is 37.6 Å². The van der Waals surface area contributed by atoms with Crippen molar-refractivity contribution in [2.45, 2.75) is 131 Å². The first-order valence-electron chi connectivity index (χ1n) is 26.5. The maximum Gasteiger partial charge on any atom is 0.248 e. The summed E-state index contributed by atoms with van der Waals surface area (Å²) < 4.78 is 39.2. The van der Waals surface area contributed by atoms with Gasteiger partial charge in [-0.25, -0.2) is 24.9 Å². The third-order valence-corrected chi connectivity index (χ3v) is 14.1. The summed E-state index contributed by atoms with van der Waals surface area (Å²) in [5.74, 6) is 3.26. The van der Waals surface area contributed by atoms with E-state index in [2.05, 4.69) is 88.7 Å². The summed E-state index contributed by atoms with van der Waals surface area (Å²) in [6.45, 7) is 11.7. The van der Waals surface area contributed by atoms with Crippen LogP contribution in [0.1, 0.15) is 108 Å². The second-order valence-corrected chi connectivity index (χ2v) is 19.7. The molecule has 29 heteroatoms. The normalized spacial score (nSPS) is 13.6. The van der Waals surface area contributed by atoms with E-state index in [-0.39, 0.29) is 7.43 Å². The number of thiazole rings is 2. The van der Waals surface area contributed by atoms with Gasteiger partial charge in [0.2, 0.25) is 17.5 Å². The number of aromatic amines is 1. The molecule has 0 spiro atoms. The number of hydrogen-bond donors (Lipinski definition) is 7. The summed E-state index contributed by atoms with van der Waals surface area (Å²) in [6.07, 6.45) is 15.2. The van der Waals surface area contributed by atoms with Crippen molar-refractivity contribution >= 4 is 28.4 Å². The van der Waals surface area contributed by atoms with E-state index in [1.165, 1.54) is 42.2 Å². The molecular weight excluding hydrogens is 1140 g/mol. The number of aliphatic imine (C=N–C) groups is 1. The van der Waals surface area contributed by atoms with Crippen molar-refractivity contribution in [2.75, 3.05) is 0 Å². The van der Waals surface area contributed by atoms with E-state index < -0.39 is 36.6 Å². The van der Waals surface area contributed by atoms with Crippen molar-refractivity contribution in [3.63, 3.8) is 0 Å². The third-order valence-electron chi connectivity index (χ3n) is 12.0. The van der Waals surface area contributed by atoms with Crippen LogP contribution in [0, 0.1) is 0 Å². The SMILES string of the molecule is C.CC[C@H](O)[C@H](O)[C@@H](O)C1=CN=C(c2ccno2)C1.CC[C@H](O)[C@H](O)[C@@H](O)c1cnc(-c2ccno2)[nH]1.CCc1cnc(-c2ccon2)o1.CCc1cnc(-c2ccon2)s1.CCc1coc(-c2ccon2)n1.CCc1csc(-c2ccon2)n1. The monoisotopic (exact) mass is 1210 g/mol. The van der Waals surface area contributed by atoms with Crippen molar-refractivity contribution in [1.29, 1.82) is 0 Å². The van der Waals surface area contributed by atoms with Gasteiger partial charge in [0.1, 0.15) is 82.9 Å². The number of nitrogens with zero attached hydrogens (tertiary/aromatic N) is 12. The Kier molecular flexibility index (Phi) is 25.9. The van der Waals surface area contributed by atoms with Crippen LogP contribution in [-0.4, -0.2) is 128 Å². The Labute approximate surface area is 494 Å². The van der Waals surface area contributed by atoms with Gasteiger partial charge in [-0.1, -0.05) is 79.9 Å². The second-order valence-electron chi connectivity index (χ2n) is 17.7. The zero-order valence-electron chi connectivity index (χ0n) is 46.4. The van der Waals surface area contributed by atoms with Gasteiger partial charge in [-0.3, -0.25) is 4.99 Å². The summed E-state index contributed by atoms with van der Waals surface area (Å²) >= 11 is 3.26. The molecule has 11 aromatic heterocycles. The average molecular weight is 1210 g/mol. The molecule has 12 rings (SSSR count). The molecule has 27 nitrogen and oxygen atoms in total. The fourth-order valence-electron chi connectivity index (χ4n) is 7.04. The number of aliphatic hydroxyl groups excluding tert-OH is 6. The van der Waals surface area contributed by atoms with E-state index >= 15 is 0 Å². The molecule has 85 heavy (non-hydrogen) atoms. The van der Waals surface area contributed by atoms with Crippen LogP contribution in [0.2, 0.25) is 0 Å². The molecule has 0 unspecified atom stereocenters. The van der Waals surface area contributed by atoms with Gasteiger partial charge in [0.15, 0.2) is 23.0 Å². The topological polar surface area (TPSA) is 396 Å². The lowest BCUT2D eigenvalue weighted by Gasteiger charge is -2.22. The number of imidazole rings is 1. The minimum atomic E-state index is -1.27. The summed E-state index contributed by atoms with van der Waals surface area (Å²) in [4.78, 5) is 29.0. The number of aliphatic hydroxyl groups is 6. The Bertz CT molecular complexity index is 3260. The summed E-state index contributed by atoms with van der Waals surface area (Å²) in [6, 6.07) is 10.4. The smallest absolute Gasteiger partial charge is 0.248 e. The first-order chi connectivity index (χ1) is 40.9. The first-order valence-corrected chi connectivity index (χ1v) is 28.2. The van der Waals surface area contributed by atoms with E-state index in [4.69, 9.17) is 26.9 Å². The molecule has 1 aliphatic heterocycles. The number of nitrogens with one attached hydrogen (secondary N) is 1. The quantitative estimate of drug-likeness (QED) is 0.0420. The Hall–Kier alpha value is -8.68. The minimum Gasteiger partial charge on any atom is -0.443 e. The molecule has 6 atom stereocenters. The zero-order valence-corrected chi connectivity index (χ0v) is 48.1. The van der Waals surface area contributed by atoms with Crippen LogP contribution in [-0.2, 0) is 25.7 Å². The lowest BCUT2D eigenvalue weighted by atomic mass is 9.97. The number of rotatable bonds is 18. The van der Waals surface area contributed by atoms with Gasteiger partial charge in [0.05, 0.1) is 59.8 Å². The van der Waals surface area contributed by atoms with Crippen LogP contribution in [0.5, 0.6) is 0 Å². The highest BCUT2D eigenvalue weighted by Crippen LogP contribution is 2.27. The highest BCUT2D eigenvalue weighted by molar-refractivity contribution is 7.15. The van der Waals surface area contributed by atoms with E-state index in [1.54, 1.807) is 85.8 Å². The van der Waals surface area contributed by atoms with Gasteiger partial charge >= 0.3 is 0 Å². The molecule has 1 aliphatic rings. The highest BCUT2D eigenvalue weighted by atomic mass is 32.1. The summed E-state index contributed by atoms with van der Waals surface area (Å²) in [7, 11) is 0. The third kappa shape index (κ3) is 18.7. The van der Waals surface area contributed by atoms with Crippen molar-refractivity contribution in [1.82, 2.24) is 60.8 Å². The average Bonchev–Trinajstić information content (AvgIpc) is 4.45. The molecule has 0 bridgehead atoms. The number of aryl methyl sites for hydroxylation is 4. The van der Waals surface area contributed by atoms with Crippen molar-refractivity contribution in [3.05, 3.63) is 149 Å². The van der Waals surface area contributed by atoms with Crippen molar-refractivity contribution in [3.8, 4) is 56.2 Å². The molecule has 12 heterocycles. The number of hydrogen-bond acceptors (Lipinski definition) is 28. The second kappa shape index (κ2) is 33.6. The van der Waals surface area contributed by atoms with Gasteiger partial charge < -0.3 is 71.6 Å². The molecule has 0 fully saturated rings. The predicted molar refractivity (Wildman–Crippen MR) is 309 cm³/mol. The van der Waals surface area contributed by atoms with Gasteiger partial charge in [-0.15, -0.1) is 22.7 Å². The van der Waals surface area contributed by atoms with Crippen LogP contribution < -0.4 is 0 Å². The molecule has 0 aromatic carbocycles. The molecule has 0 saturated carbocycles. The maximum absolute atomic E-state index is 9.94. The van der Waals surface area contributed by atoms with Gasteiger partial charge in [0, 0.05) is 71.9 Å². The summed E-state index contributed by atoms with van der Waals surface area (Å²) in [5, 5.41) is 84.3. The van der Waals surface area contributed by atoms with Crippen molar-refractivity contribution < 1.29 is 66.6 Å². The van der Waals surface area contributed by atoms with Crippen LogP contribution in [0.3, 0.4) is 0 Å². The maximum atomic E-state index is 9.94. The molecular formula is C56H67N13O14S2. The van der Waals surface area contributed by atoms with E-state index in [9.17, 15) is 30.6 Å². The molecule has 11 aromatic rings. The molecule has 0 aliphatic carbocycles. The van der Waals surface area contributed by atoms with Crippen LogP contribution in [0.4, 0.5) is 0 Å². The van der Waals surface area contributed by atoms with E-state index in [0.29, 0.717) is 76.8 Å². The van der Waals surface area contributed by atoms with Gasteiger partial charge in [0.25, 0.3) is 0 Å². The van der Waals surface area contributed by atoms with Crippen LogP contribution in [0.15, 0.2) is 157 Å². The van der Waals surface area contributed by atoms with Gasteiger partial charge in [-0.05, 0) is 37.7 Å². The van der Waals surface area contributed by atoms with Crippen LogP contribution in [0.25, 0.3) is 56.2 Å².